The molecule has 0 aliphatic carbocycles. The zero-order chi connectivity index (χ0) is 28.2. The zero-order valence-electron chi connectivity index (χ0n) is 23.4. The Hall–Kier alpha value is -3.55. The number of methoxy groups -OCH3 is 2. The highest BCUT2D eigenvalue weighted by Crippen LogP contribution is 2.30. The lowest BCUT2D eigenvalue weighted by molar-refractivity contribution is 0.116. The molecule has 0 atom stereocenters. The summed E-state index contributed by atoms with van der Waals surface area (Å²) in [7, 11) is -0.614. The van der Waals surface area contributed by atoms with Crippen LogP contribution in [0.5, 0.6) is 11.5 Å². The molecule has 1 heterocycles. The number of aromatic nitrogens is 1. The van der Waals surface area contributed by atoms with Crippen LogP contribution in [0.1, 0.15) is 56.1 Å². The second-order valence-electron chi connectivity index (χ2n) is 9.79. The fraction of sp³-hybridized carbons (Fsp3) is 0.333. The van der Waals surface area contributed by atoms with E-state index >= 15 is 0 Å². The predicted molar refractivity (Wildman–Crippen MR) is 162 cm³/mol. The summed E-state index contributed by atoms with van der Waals surface area (Å²) in [5.74, 6) is 1.30. The van der Waals surface area contributed by atoms with Gasteiger partial charge < -0.3 is 14.2 Å². The topological polar surface area (TPSA) is 66.8 Å². The van der Waals surface area contributed by atoms with Gasteiger partial charge in [0.15, 0.2) is 0 Å². The van der Waals surface area contributed by atoms with E-state index in [1.54, 1.807) is 56.8 Å². The van der Waals surface area contributed by atoms with Crippen molar-refractivity contribution in [3.05, 3.63) is 96.2 Å². The molecule has 0 N–H and O–H groups in total. The van der Waals surface area contributed by atoms with Gasteiger partial charge in [-0.15, -0.1) is 0 Å². The van der Waals surface area contributed by atoms with Crippen molar-refractivity contribution in [1.29, 1.82) is 0 Å². The minimum absolute atomic E-state index is 0.208. The highest BCUT2D eigenvalue weighted by molar-refractivity contribution is 7.90. The molecule has 0 fully saturated rings. The van der Waals surface area contributed by atoms with Crippen molar-refractivity contribution in [1.82, 2.24) is 3.97 Å². The average molecular weight is 562 g/mol. The first-order chi connectivity index (χ1) is 19.5. The maximum atomic E-state index is 13.5. The standard InChI is InChI=1S/C33H39NO5S/c1-37-29-17-20-31(21-18-29)40(35,36)34-25-28(32-24-30(38-2)19-22-33(32)34)16-12-7-5-3-4-6-8-13-23-39-26-27-14-10-9-11-15-27/h9-12,14-22,24-25H,3-8,13,23,26H2,1-2H3/b16-12-. The van der Waals surface area contributed by atoms with Crippen molar-refractivity contribution in [3.63, 3.8) is 0 Å². The van der Waals surface area contributed by atoms with Crippen LogP contribution >= 0.6 is 0 Å². The molecule has 4 rings (SSSR count). The predicted octanol–water partition coefficient (Wildman–Crippen LogP) is 7.86. The number of fused-ring (bicyclic) bond motifs is 1. The molecule has 7 heteroatoms. The summed E-state index contributed by atoms with van der Waals surface area (Å²) in [6.45, 7) is 1.50. The lowest BCUT2D eigenvalue weighted by Crippen LogP contribution is -2.11. The van der Waals surface area contributed by atoms with E-state index in [0.717, 1.165) is 36.8 Å². The van der Waals surface area contributed by atoms with Gasteiger partial charge >= 0.3 is 0 Å². The van der Waals surface area contributed by atoms with E-state index < -0.39 is 10.0 Å². The number of unbranched alkanes of at least 4 members (excludes halogenated alkanes) is 6. The fourth-order valence-electron chi connectivity index (χ4n) is 4.67. The van der Waals surface area contributed by atoms with Crippen LogP contribution in [-0.2, 0) is 21.4 Å². The Kier molecular flexibility index (Phi) is 10.8. The highest BCUT2D eigenvalue weighted by atomic mass is 32.2. The molecule has 0 bridgehead atoms. The normalized spacial score (nSPS) is 11.8. The van der Waals surface area contributed by atoms with E-state index in [4.69, 9.17) is 14.2 Å². The molecule has 0 aliphatic rings. The van der Waals surface area contributed by atoms with Gasteiger partial charge in [-0.05, 0) is 67.3 Å². The number of rotatable bonds is 16. The van der Waals surface area contributed by atoms with Crippen molar-refractivity contribution in [2.75, 3.05) is 20.8 Å². The Labute approximate surface area is 238 Å². The van der Waals surface area contributed by atoms with E-state index in [2.05, 4.69) is 18.2 Å². The largest absolute Gasteiger partial charge is 0.497 e. The van der Waals surface area contributed by atoms with Gasteiger partial charge in [0.2, 0.25) is 0 Å². The van der Waals surface area contributed by atoms with E-state index in [1.807, 2.05) is 30.3 Å². The Morgan fingerprint density at radius 2 is 1.45 bits per heavy atom. The molecular formula is C33H39NO5S. The van der Waals surface area contributed by atoms with Crippen LogP contribution in [0.25, 0.3) is 17.0 Å². The van der Waals surface area contributed by atoms with E-state index in [-0.39, 0.29) is 4.90 Å². The summed E-state index contributed by atoms with van der Waals surface area (Å²) in [5.41, 5.74) is 2.68. The van der Waals surface area contributed by atoms with Crippen LogP contribution in [0.15, 0.2) is 90.0 Å². The Bertz CT molecular complexity index is 1470. The molecule has 4 aromatic rings. The third kappa shape index (κ3) is 7.77. The SMILES string of the molecule is COc1ccc(S(=O)(=O)n2cc(/C=C\CCCCCCCCOCc3ccccc3)c3cc(OC)ccc32)cc1. The summed E-state index contributed by atoms with van der Waals surface area (Å²) in [6, 6.07) is 22.2. The Morgan fingerprint density at radius 3 is 2.17 bits per heavy atom. The quantitative estimate of drug-likeness (QED) is 0.130. The third-order valence-corrected chi connectivity index (χ3v) is 8.63. The third-order valence-electron chi connectivity index (χ3n) is 6.94. The summed E-state index contributed by atoms with van der Waals surface area (Å²) in [4.78, 5) is 0.208. The molecule has 0 amide bonds. The number of nitrogens with zero attached hydrogens (tertiary/aromatic N) is 1. The Balaban J connectivity index is 1.28. The Morgan fingerprint density at radius 1 is 0.775 bits per heavy atom. The lowest BCUT2D eigenvalue weighted by Gasteiger charge is -2.08. The molecule has 212 valence electrons. The molecule has 0 radical (unpaired) electrons. The summed E-state index contributed by atoms with van der Waals surface area (Å²) in [5, 5.41) is 0.835. The number of hydrogen-bond acceptors (Lipinski definition) is 5. The molecule has 3 aromatic carbocycles. The van der Waals surface area contributed by atoms with Gasteiger partial charge in [0.05, 0.1) is 31.2 Å². The second-order valence-corrected chi connectivity index (χ2v) is 11.6. The van der Waals surface area contributed by atoms with Gasteiger partial charge in [0.25, 0.3) is 10.0 Å². The molecule has 40 heavy (non-hydrogen) atoms. The number of ether oxygens (including phenoxy) is 3. The number of allylic oxidation sites excluding steroid dienone is 1. The van der Waals surface area contributed by atoms with Crippen molar-refractivity contribution in [2.24, 2.45) is 0 Å². The van der Waals surface area contributed by atoms with Crippen LogP contribution in [0.4, 0.5) is 0 Å². The van der Waals surface area contributed by atoms with Crippen molar-refractivity contribution >= 4 is 27.0 Å². The van der Waals surface area contributed by atoms with Crippen LogP contribution in [-0.4, -0.2) is 33.2 Å². The van der Waals surface area contributed by atoms with E-state index in [9.17, 15) is 8.42 Å². The van der Waals surface area contributed by atoms with Gasteiger partial charge in [0.1, 0.15) is 11.5 Å². The first-order valence-corrected chi connectivity index (χ1v) is 15.3. The van der Waals surface area contributed by atoms with Gasteiger partial charge in [-0.3, -0.25) is 0 Å². The molecule has 1 aromatic heterocycles. The van der Waals surface area contributed by atoms with E-state index in [1.165, 1.54) is 35.2 Å². The minimum Gasteiger partial charge on any atom is -0.497 e. The maximum Gasteiger partial charge on any atom is 0.268 e. The molecule has 0 aliphatic heterocycles. The first kappa shape index (κ1) is 29.4. The first-order valence-electron chi connectivity index (χ1n) is 13.9. The monoisotopic (exact) mass is 561 g/mol. The van der Waals surface area contributed by atoms with Crippen LogP contribution in [0, 0.1) is 0 Å². The molecule has 0 saturated heterocycles. The smallest absolute Gasteiger partial charge is 0.268 e. The van der Waals surface area contributed by atoms with Gasteiger partial charge in [-0.25, -0.2) is 12.4 Å². The average Bonchev–Trinajstić information content (AvgIpc) is 3.36. The van der Waals surface area contributed by atoms with Gasteiger partial charge in [0, 0.05) is 23.8 Å². The second kappa shape index (κ2) is 14.7. The maximum absolute atomic E-state index is 13.5. The van der Waals surface area contributed by atoms with Crippen LogP contribution < -0.4 is 9.47 Å². The van der Waals surface area contributed by atoms with Crippen LogP contribution in [0.2, 0.25) is 0 Å². The number of benzene rings is 3. The molecular weight excluding hydrogens is 522 g/mol. The molecule has 6 nitrogen and oxygen atoms in total. The summed E-state index contributed by atoms with van der Waals surface area (Å²) in [6.07, 6.45) is 13.8. The van der Waals surface area contributed by atoms with Gasteiger partial charge in [-0.2, -0.15) is 0 Å². The molecule has 0 saturated carbocycles. The summed E-state index contributed by atoms with van der Waals surface area (Å²) < 4.78 is 44.7. The van der Waals surface area contributed by atoms with E-state index in [0.29, 0.717) is 23.6 Å². The number of hydrogen-bond donors (Lipinski definition) is 0. The zero-order valence-corrected chi connectivity index (χ0v) is 24.2. The van der Waals surface area contributed by atoms with Gasteiger partial charge in [-0.1, -0.05) is 68.2 Å². The van der Waals surface area contributed by atoms with Crippen molar-refractivity contribution in [2.45, 2.75) is 56.4 Å². The molecule has 0 unspecified atom stereocenters. The van der Waals surface area contributed by atoms with Crippen molar-refractivity contribution < 1.29 is 22.6 Å². The van der Waals surface area contributed by atoms with Crippen LogP contribution in [0.3, 0.4) is 0 Å². The molecule has 0 spiro atoms. The minimum atomic E-state index is -3.78. The lowest BCUT2D eigenvalue weighted by atomic mass is 10.1. The highest BCUT2D eigenvalue weighted by Gasteiger charge is 2.21. The van der Waals surface area contributed by atoms with Crippen molar-refractivity contribution in [3.8, 4) is 11.5 Å². The summed E-state index contributed by atoms with van der Waals surface area (Å²) >= 11 is 0. The fourth-order valence-corrected chi connectivity index (χ4v) is 6.05.